The fourth-order valence-electron chi connectivity index (χ4n) is 2.31. The Morgan fingerprint density at radius 3 is 2.17 bits per heavy atom. The number of carbonyl (C=O) groups excluding carboxylic acids is 1. The van der Waals surface area contributed by atoms with Gasteiger partial charge in [0.15, 0.2) is 0 Å². The maximum atomic E-state index is 11.7. The molecule has 0 radical (unpaired) electrons. The van der Waals surface area contributed by atoms with Crippen LogP contribution in [-0.2, 0) is 11.3 Å². The maximum absolute atomic E-state index is 11.7. The van der Waals surface area contributed by atoms with Crippen molar-refractivity contribution in [3.8, 4) is 16.9 Å². The van der Waals surface area contributed by atoms with E-state index in [-0.39, 0.29) is 5.91 Å². The number of rotatable bonds is 8. The van der Waals surface area contributed by atoms with Crippen LogP contribution in [0.2, 0.25) is 0 Å². The van der Waals surface area contributed by atoms with Gasteiger partial charge < -0.3 is 15.4 Å². The normalized spacial score (nSPS) is 10.3. The minimum absolute atomic E-state index is 0.0967. The Morgan fingerprint density at radius 1 is 1.00 bits per heavy atom. The number of carbonyl (C=O) groups is 1. The molecule has 0 aliphatic carbocycles. The number of ether oxygens (including phenoxy) is 1. The zero-order chi connectivity index (χ0) is 16.5. The molecule has 2 aromatic rings. The van der Waals surface area contributed by atoms with Crippen molar-refractivity contribution in [1.29, 1.82) is 0 Å². The van der Waals surface area contributed by atoms with Gasteiger partial charge in [-0.2, -0.15) is 0 Å². The number of hydrogen-bond donors (Lipinski definition) is 2. The molecule has 0 saturated heterocycles. The van der Waals surface area contributed by atoms with Gasteiger partial charge in [-0.05, 0) is 48.8 Å². The molecule has 1 amide bonds. The van der Waals surface area contributed by atoms with Gasteiger partial charge in [-0.25, -0.2) is 0 Å². The van der Waals surface area contributed by atoms with Crippen LogP contribution in [0.4, 0.5) is 0 Å². The molecule has 4 heteroatoms. The first-order chi connectivity index (χ1) is 11.2. The van der Waals surface area contributed by atoms with Gasteiger partial charge in [-0.15, -0.1) is 0 Å². The summed E-state index contributed by atoms with van der Waals surface area (Å²) in [6, 6.07) is 16.2. The first-order valence-electron chi connectivity index (χ1n) is 7.87. The third-order valence-corrected chi connectivity index (χ3v) is 3.70. The first kappa shape index (κ1) is 17.0. The van der Waals surface area contributed by atoms with Crippen molar-refractivity contribution in [3.63, 3.8) is 0 Å². The van der Waals surface area contributed by atoms with Crippen LogP contribution < -0.4 is 15.4 Å². The average molecular weight is 312 g/mol. The fraction of sp³-hybridized carbons (Fsp3) is 0.316. The minimum Gasteiger partial charge on any atom is -0.497 e. The zero-order valence-electron chi connectivity index (χ0n) is 13.8. The number of nitrogens with one attached hydrogen (secondary N) is 2. The molecule has 2 aromatic carbocycles. The van der Waals surface area contributed by atoms with Crippen LogP contribution in [0.15, 0.2) is 48.5 Å². The highest BCUT2D eigenvalue weighted by Crippen LogP contribution is 2.22. The average Bonchev–Trinajstić information content (AvgIpc) is 2.61. The zero-order valence-corrected chi connectivity index (χ0v) is 13.8. The molecule has 0 unspecified atom stereocenters. The van der Waals surface area contributed by atoms with E-state index < -0.39 is 0 Å². The van der Waals surface area contributed by atoms with Crippen molar-refractivity contribution < 1.29 is 9.53 Å². The summed E-state index contributed by atoms with van der Waals surface area (Å²) in [7, 11) is 3.55. The van der Waals surface area contributed by atoms with E-state index in [1.807, 2.05) is 43.4 Å². The Labute approximate surface area is 137 Å². The lowest BCUT2D eigenvalue weighted by Crippen LogP contribution is -2.23. The quantitative estimate of drug-likeness (QED) is 0.737. The summed E-state index contributed by atoms with van der Waals surface area (Å²) in [6.07, 6.45) is 1.42. The molecule has 122 valence electrons. The predicted octanol–water partition coefficient (Wildman–Crippen LogP) is 2.98. The second-order valence-electron chi connectivity index (χ2n) is 5.41. The highest BCUT2D eigenvalue weighted by atomic mass is 16.5. The van der Waals surface area contributed by atoms with Crippen LogP contribution in [0.1, 0.15) is 18.4 Å². The van der Waals surface area contributed by atoms with Crippen LogP contribution in [0.5, 0.6) is 5.75 Å². The highest BCUT2D eigenvalue weighted by Gasteiger charge is 2.02. The molecular weight excluding hydrogens is 288 g/mol. The van der Waals surface area contributed by atoms with E-state index in [2.05, 4.69) is 22.8 Å². The lowest BCUT2D eigenvalue weighted by molar-refractivity contribution is -0.121. The topological polar surface area (TPSA) is 50.4 Å². The van der Waals surface area contributed by atoms with Crippen molar-refractivity contribution in [3.05, 3.63) is 54.1 Å². The molecule has 2 rings (SSSR count). The van der Waals surface area contributed by atoms with Crippen LogP contribution in [0.25, 0.3) is 11.1 Å². The van der Waals surface area contributed by atoms with E-state index in [4.69, 9.17) is 4.74 Å². The lowest BCUT2D eigenvalue weighted by atomic mass is 10.0. The smallest absolute Gasteiger partial charge is 0.220 e. The molecule has 0 aromatic heterocycles. The molecule has 0 heterocycles. The summed E-state index contributed by atoms with van der Waals surface area (Å²) >= 11 is 0. The molecule has 0 saturated carbocycles. The van der Waals surface area contributed by atoms with E-state index in [1.165, 1.54) is 0 Å². The predicted molar refractivity (Wildman–Crippen MR) is 93.4 cm³/mol. The van der Waals surface area contributed by atoms with Gasteiger partial charge in [0.2, 0.25) is 5.91 Å². The van der Waals surface area contributed by atoms with E-state index >= 15 is 0 Å². The Morgan fingerprint density at radius 2 is 1.61 bits per heavy atom. The van der Waals surface area contributed by atoms with E-state index in [1.54, 1.807) is 7.11 Å². The summed E-state index contributed by atoms with van der Waals surface area (Å²) in [5.74, 6) is 0.950. The van der Waals surface area contributed by atoms with Crippen molar-refractivity contribution in [1.82, 2.24) is 10.6 Å². The number of amides is 1. The van der Waals surface area contributed by atoms with Crippen LogP contribution in [-0.4, -0.2) is 26.6 Å². The fourth-order valence-corrected chi connectivity index (χ4v) is 2.31. The van der Waals surface area contributed by atoms with E-state index in [9.17, 15) is 4.79 Å². The molecule has 0 atom stereocenters. The number of hydrogen-bond acceptors (Lipinski definition) is 3. The molecule has 23 heavy (non-hydrogen) atoms. The first-order valence-corrected chi connectivity index (χ1v) is 7.87. The third-order valence-electron chi connectivity index (χ3n) is 3.70. The molecular formula is C19H24N2O2. The molecule has 0 aliphatic rings. The van der Waals surface area contributed by atoms with Gasteiger partial charge in [0.05, 0.1) is 7.11 Å². The van der Waals surface area contributed by atoms with Crippen LogP contribution >= 0.6 is 0 Å². The van der Waals surface area contributed by atoms with Crippen molar-refractivity contribution in [2.45, 2.75) is 19.4 Å². The van der Waals surface area contributed by atoms with Crippen molar-refractivity contribution >= 4 is 5.91 Å². The van der Waals surface area contributed by atoms with E-state index in [0.29, 0.717) is 13.0 Å². The molecule has 4 nitrogen and oxygen atoms in total. The van der Waals surface area contributed by atoms with Gasteiger partial charge in [0.1, 0.15) is 5.75 Å². The van der Waals surface area contributed by atoms with Crippen molar-refractivity contribution in [2.24, 2.45) is 0 Å². The standard InChI is InChI=1S/C19H24N2O2/c1-20-13-3-4-19(22)21-14-15-5-7-16(8-6-15)17-9-11-18(23-2)12-10-17/h5-12,20H,3-4,13-14H2,1-2H3,(H,21,22). The minimum atomic E-state index is 0.0967. The second-order valence-corrected chi connectivity index (χ2v) is 5.41. The Kier molecular flexibility index (Phi) is 6.63. The van der Waals surface area contributed by atoms with Crippen LogP contribution in [0, 0.1) is 0 Å². The van der Waals surface area contributed by atoms with Crippen LogP contribution in [0.3, 0.4) is 0 Å². The van der Waals surface area contributed by atoms with Gasteiger partial charge in [-0.3, -0.25) is 4.79 Å². The van der Waals surface area contributed by atoms with Crippen molar-refractivity contribution in [2.75, 3.05) is 20.7 Å². The molecule has 0 spiro atoms. The summed E-state index contributed by atoms with van der Waals surface area (Å²) < 4.78 is 5.17. The number of benzene rings is 2. The summed E-state index contributed by atoms with van der Waals surface area (Å²) in [4.78, 5) is 11.7. The molecule has 2 N–H and O–H groups in total. The van der Waals surface area contributed by atoms with Gasteiger partial charge in [0, 0.05) is 13.0 Å². The number of methoxy groups -OCH3 is 1. The van der Waals surface area contributed by atoms with Gasteiger partial charge >= 0.3 is 0 Å². The van der Waals surface area contributed by atoms with Gasteiger partial charge in [0.25, 0.3) is 0 Å². The third kappa shape index (κ3) is 5.42. The van der Waals surface area contributed by atoms with E-state index in [0.717, 1.165) is 35.4 Å². The summed E-state index contributed by atoms with van der Waals surface area (Å²) in [5.41, 5.74) is 3.40. The lowest BCUT2D eigenvalue weighted by Gasteiger charge is -2.07. The monoisotopic (exact) mass is 312 g/mol. The Balaban J connectivity index is 1.87. The largest absolute Gasteiger partial charge is 0.497 e. The highest BCUT2D eigenvalue weighted by molar-refractivity contribution is 5.75. The molecule has 0 bridgehead atoms. The SMILES string of the molecule is CNCCCC(=O)NCc1ccc(-c2ccc(OC)cc2)cc1. The summed E-state index contributed by atoms with van der Waals surface area (Å²) in [5, 5.41) is 5.99. The Hall–Kier alpha value is -2.33. The summed E-state index contributed by atoms with van der Waals surface area (Å²) in [6.45, 7) is 1.44. The van der Waals surface area contributed by atoms with Gasteiger partial charge in [-0.1, -0.05) is 36.4 Å². The molecule has 0 aliphatic heterocycles. The Bertz CT molecular complexity index is 606. The second kappa shape index (κ2) is 8.96. The maximum Gasteiger partial charge on any atom is 0.220 e. The molecule has 0 fully saturated rings.